The number of amides is 1. The number of carbonyl (C=O) groups excluding carboxylic acids is 1. The number of ether oxygens (including phenoxy) is 2. The predicted molar refractivity (Wildman–Crippen MR) is 66.5 cm³/mol. The number of benzene rings is 1. The molecule has 0 aliphatic carbocycles. The first-order chi connectivity index (χ1) is 8.19. The van der Waals surface area contributed by atoms with Crippen molar-refractivity contribution in [3.63, 3.8) is 0 Å². The fraction of sp³-hybridized carbons (Fsp3) is 0.462. The van der Waals surface area contributed by atoms with Gasteiger partial charge in [-0.1, -0.05) is 19.8 Å². The summed E-state index contributed by atoms with van der Waals surface area (Å²) in [5.41, 5.74) is 5.61. The van der Waals surface area contributed by atoms with Gasteiger partial charge in [0.05, 0.1) is 13.7 Å². The summed E-state index contributed by atoms with van der Waals surface area (Å²) in [6.07, 6.45) is 3.31. The molecule has 0 saturated carbocycles. The molecule has 1 amide bonds. The maximum atomic E-state index is 11.0. The van der Waals surface area contributed by atoms with E-state index in [1.165, 1.54) is 0 Å². The fourth-order valence-corrected chi connectivity index (χ4v) is 1.47. The van der Waals surface area contributed by atoms with Crippen LogP contribution >= 0.6 is 0 Å². The Hall–Kier alpha value is -1.71. The molecule has 0 aliphatic heterocycles. The number of primary amides is 1. The van der Waals surface area contributed by atoms with Gasteiger partial charge in [0.25, 0.3) is 0 Å². The van der Waals surface area contributed by atoms with Crippen LogP contribution in [0.1, 0.15) is 36.5 Å². The highest BCUT2D eigenvalue weighted by atomic mass is 16.5. The quantitative estimate of drug-likeness (QED) is 0.740. The summed E-state index contributed by atoms with van der Waals surface area (Å²) in [6, 6.07) is 4.95. The van der Waals surface area contributed by atoms with Crippen LogP contribution in [0.3, 0.4) is 0 Å². The van der Waals surface area contributed by atoms with Crippen molar-refractivity contribution in [3.8, 4) is 11.5 Å². The van der Waals surface area contributed by atoms with E-state index in [0.717, 1.165) is 19.3 Å². The number of hydrogen-bond acceptors (Lipinski definition) is 3. The first kappa shape index (κ1) is 13.4. The van der Waals surface area contributed by atoms with Gasteiger partial charge in [-0.15, -0.1) is 0 Å². The SMILES string of the molecule is CCCCCOc1ccc(C(N)=O)cc1OC. The molecule has 0 spiro atoms. The van der Waals surface area contributed by atoms with Crippen LogP contribution in [0.4, 0.5) is 0 Å². The molecular weight excluding hydrogens is 218 g/mol. The monoisotopic (exact) mass is 237 g/mol. The lowest BCUT2D eigenvalue weighted by molar-refractivity contribution is 0.1000. The van der Waals surface area contributed by atoms with Gasteiger partial charge < -0.3 is 15.2 Å². The summed E-state index contributed by atoms with van der Waals surface area (Å²) in [4.78, 5) is 11.0. The van der Waals surface area contributed by atoms with E-state index in [9.17, 15) is 4.79 Å². The number of rotatable bonds is 7. The molecule has 1 aromatic rings. The summed E-state index contributed by atoms with van der Waals surface area (Å²) >= 11 is 0. The molecule has 4 heteroatoms. The average molecular weight is 237 g/mol. The topological polar surface area (TPSA) is 61.5 Å². The second-order valence-corrected chi connectivity index (χ2v) is 3.79. The lowest BCUT2D eigenvalue weighted by atomic mass is 10.2. The molecule has 94 valence electrons. The highest BCUT2D eigenvalue weighted by Crippen LogP contribution is 2.28. The van der Waals surface area contributed by atoms with Crippen LogP contribution in [-0.4, -0.2) is 19.6 Å². The second-order valence-electron chi connectivity index (χ2n) is 3.79. The molecule has 0 radical (unpaired) electrons. The van der Waals surface area contributed by atoms with Crippen LogP contribution in [0.5, 0.6) is 11.5 Å². The minimum atomic E-state index is -0.471. The van der Waals surface area contributed by atoms with E-state index in [1.807, 2.05) is 0 Å². The minimum absolute atomic E-state index is 0.419. The fourth-order valence-electron chi connectivity index (χ4n) is 1.47. The normalized spacial score (nSPS) is 10.0. The highest BCUT2D eigenvalue weighted by molar-refractivity contribution is 5.93. The zero-order valence-electron chi connectivity index (χ0n) is 10.4. The van der Waals surface area contributed by atoms with Crippen molar-refractivity contribution < 1.29 is 14.3 Å². The second kappa shape index (κ2) is 6.78. The summed E-state index contributed by atoms with van der Waals surface area (Å²) in [5.74, 6) is 0.715. The van der Waals surface area contributed by atoms with E-state index in [4.69, 9.17) is 15.2 Å². The van der Waals surface area contributed by atoms with E-state index in [1.54, 1.807) is 25.3 Å². The first-order valence-electron chi connectivity index (χ1n) is 5.79. The maximum Gasteiger partial charge on any atom is 0.248 e. The van der Waals surface area contributed by atoms with Crippen LogP contribution in [0.25, 0.3) is 0 Å². The zero-order valence-corrected chi connectivity index (χ0v) is 10.4. The molecule has 4 nitrogen and oxygen atoms in total. The van der Waals surface area contributed by atoms with Gasteiger partial charge >= 0.3 is 0 Å². The van der Waals surface area contributed by atoms with E-state index in [-0.39, 0.29) is 0 Å². The predicted octanol–water partition coefficient (Wildman–Crippen LogP) is 2.36. The molecule has 2 N–H and O–H groups in total. The van der Waals surface area contributed by atoms with Crippen LogP contribution in [0, 0.1) is 0 Å². The third kappa shape index (κ3) is 3.98. The summed E-state index contributed by atoms with van der Waals surface area (Å²) in [7, 11) is 1.54. The molecule has 17 heavy (non-hydrogen) atoms. The van der Waals surface area contributed by atoms with Crippen molar-refractivity contribution in [2.45, 2.75) is 26.2 Å². The molecular formula is C13H19NO3. The first-order valence-corrected chi connectivity index (χ1v) is 5.79. The Morgan fingerprint density at radius 3 is 2.65 bits per heavy atom. The van der Waals surface area contributed by atoms with Crippen molar-refractivity contribution in [2.24, 2.45) is 5.73 Å². The van der Waals surface area contributed by atoms with Gasteiger partial charge in [-0.25, -0.2) is 0 Å². The van der Waals surface area contributed by atoms with Gasteiger partial charge in [-0.3, -0.25) is 4.79 Å². The van der Waals surface area contributed by atoms with Gasteiger partial charge in [0.1, 0.15) is 0 Å². The molecule has 0 atom stereocenters. The van der Waals surface area contributed by atoms with Gasteiger partial charge in [0.15, 0.2) is 11.5 Å². The lowest BCUT2D eigenvalue weighted by Crippen LogP contribution is -2.11. The van der Waals surface area contributed by atoms with E-state index >= 15 is 0 Å². The van der Waals surface area contributed by atoms with E-state index in [2.05, 4.69) is 6.92 Å². The van der Waals surface area contributed by atoms with Gasteiger partial charge in [0.2, 0.25) is 5.91 Å². The molecule has 0 bridgehead atoms. The Morgan fingerprint density at radius 2 is 2.06 bits per heavy atom. The molecule has 0 fully saturated rings. The van der Waals surface area contributed by atoms with Crippen molar-refractivity contribution in [1.29, 1.82) is 0 Å². The largest absolute Gasteiger partial charge is 0.493 e. The van der Waals surface area contributed by atoms with Crippen LogP contribution in [-0.2, 0) is 0 Å². The van der Waals surface area contributed by atoms with Crippen molar-refractivity contribution in [1.82, 2.24) is 0 Å². The number of methoxy groups -OCH3 is 1. The lowest BCUT2D eigenvalue weighted by Gasteiger charge is -2.11. The molecule has 0 unspecified atom stereocenters. The summed E-state index contributed by atoms with van der Waals surface area (Å²) in [6.45, 7) is 2.79. The van der Waals surface area contributed by atoms with Crippen LogP contribution in [0.15, 0.2) is 18.2 Å². The number of carbonyl (C=O) groups is 1. The van der Waals surface area contributed by atoms with E-state index in [0.29, 0.717) is 23.7 Å². The Morgan fingerprint density at radius 1 is 1.29 bits per heavy atom. The third-order valence-electron chi connectivity index (χ3n) is 2.45. The van der Waals surface area contributed by atoms with Gasteiger partial charge in [0, 0.05) is 5.56 Å². The maximum absolute atomic E-state index is 11.0. The third-order valence-corrected chi connectivity index (χ3v) is 2.45. The Bertz CT molecular complexity index is 377. The summed E-state index contributed by atoms with van der Waals surface area (Å²) < 4.78 is 10.7. The standard InChI is InChI=1S/C13H19NO3/c1-3-4-5-8-17-11-7-6-10(13(14)15)9-12(11)16-2/h6-7,9H,3-5,8H2,1-2H3,(H2,14,15). The van der Waals surface area contributed by atoms with E-state index < -0.39 is 5.91 Å². The van der Waals surface area contributed by atoms with Crippen molar-refractivity contribution in [2.75, 3.05) is 13.7 Å². The molecule has 1 aromatic carbocycles. The van der Waals surface area contributed by atoms with Crippen molar-refractivity contribution >= 4 is 5.91 Å². The highest BCUT2D eigenvalue weighted by Gasteiger charge is 2.08. The Kier molecular flexibility index (Phi) is 5.33. The van der Waals surface area contributed by atoms with Crippen LogP contribution in [0.2, 0.25) is 0 Å². The van der Waals surface area contributed by atoms with Gasteiger partial charge in [-0.2, -0.15) is 0 Å². The van der Waals surface area contributed by atoms with Crippen molar-refractivity contribution in [3.05, 3.63) is 23.8 Å². The Balaban J connectivity index is 2.68. The molecule has 0 aromatic heterocycles. The van der Waals surface area contributed by atoms with Crippen LogP contribution < -0.4 is 15.2 Å². The zero-order chi connectivity index (χ0) is 12.7. The molecule has 1 rings (SSSR count). The summed E-state index contributed by atoms with van der Waals surface area (Å²) in [5, 5.41) is 0. The number of nitrogens with two attached hydrogens (primary N) is 1. The molecule has 0 heterocycles. The number of hydrogen-bond donors (Lipinski definition) is 1. The Labute approximate surface area is 102 Å². The average Bonchev–Trinajstić information content (AvgIpc) is 2.34. The molecule has 0 aliphatic rings. The minimum Gasteiger partial charge on any atom is -0.493 e. The number of unbranched alkanes of at least 4 members (excludes halogenated alkanes) is 2. The molecule has 0 saturated heterocycles. The smallest absolute Gasteiger partial charge is 0.248 e. The van der Waals surface area contributed by atoms with Gasteiger partial charge in [-0.05, 0) is 24.6 Å².